The van der Waals surface area contributed by atoms with Gasteiger partial charge in [0.15, 0.2) is 5.82 Å². The molecule has 0 radical (unpaired) electrons. The van der Waals surface area contributed by atoms with Crippen LogP contribution in [-0.4, -0.2) is 9.38 Å². The van der Waals surface area contributed by atoms with Crippen molar-refractivity contribution in [1.82, 2.24) is 9.38 Å². The molecule has 3 rings (SSSR count). The molecule has 0 saturated carbocycles. The number of pyridine rings is 1. The van der Waals surface area contributed by atoms with E-state index in [-0.39, 0.29) is 0 Å². The van der Waals surface area contributed by atoms with E-state index in [0.717, 1.165) is 15.9 Å². The van der Waals surface area contributed by atoms with Gasteiger partial charge in [-0.25, -0.2) is 4.98 Å². The molecule has 3 aromatic heterocycles. The fourth-order valence-corrected chi connectivity index (χ4v) is 3.30. The van der Waals surface area contributed by atoms with E-state index in [4.69, 9.17) is 0 Å². The van der Waals surface area contributed by atoms with Crippen molar-refractivity contribution in [2.75, 3.05) is 0 Å². The predicted octanol–water partition coefficient (Wildman–Crippen LogP) is 4.44. The second kappa shape index (κ2) is 3.96. The molecule has 17 heavy (non-hydrogen) atoms. The van der Waals surface area contributed by atoms with Crippen LogP contribution in [0.1, 0.15) is 10.6 Å². The normalized spacial score (nSPS) is 11.2. The minimum atomic E-state index is 0.905. The van der Waals surface area contributed by atoms with Gasteiger partial charge in [0.1, 0.15) is 4.60 Å². The van der Waals surface area contributed by atoms with Gasteiger partial charge in [-0.2, -0.15) is 0 Å². The van der Waals surface area contributed by atoms with Gasteiger partial charge in [0.2, 0.25) is 0 Å². The minimum absolute atomic E-state index is 0.905. The average Bonchev–Trinajstić information content (AvgIpc) is 2.85. The summed E-state index contributed by atoms with van der Waals surface area (Å²) in [6, 6.07) is 10.5. The standard InChI is InChI=1S/C13H11BrN2S/c1-8-4-3-5-10-12(14)15-13(16(8)10)11-7-6-9(2)17-11/h3-7H,1-2H3. The van der Waals surface area contributed by atoms with Crippen molar-refractivity contribution in [3.8, 4) is 10.7 Å². The van der Waals surface area contributed by atoms with Crippen LogP contribution in [0.2, 0.25) is 0 Å². The summed E-state index contributed by atoms with van der Waals surface area (Å²) in [7, 11) is 0. The van der Waals surface area contributed by atoms with E-state index in [1.807, 2.05) is 0 Å². The maximum Gasteiger partial charge on any atom is 0.156 e. The molecule has 0 N–H and O–H groups in total. The zero-order chi connectivity index (χ0) is 12.0. The fraction of sp³-hybridized carbons (Fsp3) is 0.154. The number of fused-ring (bicyclic) bond motifs is 1. The number of halogens is 1. The van der Waals surface area contributed by atoms with Crippen LogP contribution in [0.5, 0.6) is 0 Å². The van der Waals surface area contributed by atoms with Crippen LogP contribution in [0.25, 0.3) is 16.2 Å². The van der Waals surface area contributed by atoms with Gasteiger partial charge in [-0.1, -0.05) is 6.07 Å². The number of aryl methyl sites for hydroxylation is 2. The molecule has 3 aromatic rings. The number of nitrogens with zero attached hydrogens (tertiary/aromatic N) is 2. The van der Waals surface area contributed by atoms with E-state index < -0.39 is 0 Å². The number of thiophene rings is 1. The third-order valence-corrected chi connectivity index (χ3v) is 4.35. The van der Waals surface area contributed by atoms with E-state index in [1.165, 1.54) is 15.4 Å². The van der Waals surface area contributed by atoms with Crippen LogP contribution in [-0.2, 0) is 0 Å². The first-order valence-electron chi connectivity index (χ1n) is 5.37. The summed E-state index contributed by atoms with van der Waals surface area (Å²) in [5.41, 5.74) is 2.31. The van der Waals surface area contributed by atoms with E-state index in [0.29, 0.717) is 0 Å². The average molecular weight is 307 g/mol. The van der Waals surface area contributed by atoms with Gasteiger partial charge < -0.3 is 0 Å². The predicted molar refractivity (Wildman–Crippen MR) is 75.7 cm³/mol. The Morgan fingerprint density at radius 3 is 2.71 bits per heavy atom. The maximum atomic E-state index is 4.62. The molecule has 0 aliphatic rings. The highest BCUT2D eigenvalue weighted by atomic mass is 79.9. The Morgan fingerprint density at radius 2 is 2.00 bits per heavy atom. The van der Waals surface area contributed by atoms with Gasteiger partial charge in [0, 0.05) is 10.6 Å². The fourth-order valence-electron chi connectivity index (χ4n) is 1.98. The van der Waals surface area contributed by atoms with Crippen LogP contribution in [0, 0.1) is 13.8 Å². The zero-order valence-electron chi connectivity index (χ0n) is 9.57. The molecule has 2 nitrogen and oxygen atoms in total. The third-order valence-electron chi connectivity index (χ3n) is 2.77. The molecule has 0 spiro atoms. The largest absolute Gasteiger partial charge is 0.295 e. The molecule has 86 valence electrons. The van der Waals surface area contributed by atoms with Crippen LogP contribution in [0.4, 0.5) is 0 Å². The zero-order valence-corrected chi connectivity index (χ0v) is 12.0. The van der Waals surface area contributed by atoms with Crippen LogP contribution in [0.15, 0.2) is 34.9 Å². The van der Waals surface area contributed by atoms with Crippen LogP contribution < -0.4 is 0 Å². The SMILES string of the molecule is Cc1ccc(-c2nc(Br)c3cccc(C)n23)s1. The Balaban J connectivity index is 2.37. The van der Waals surface area contributed by atoms with Crippen molar-refractivity contribution in [3.05, 3.63) is 45.5 Å². The van der Waals surface area contributed by atoms with Crippen molar-refractivity contribution in [3.63, 3.8) is 0 Å². The third kappa shape index (κ3) is 1.72. The summed E-state index contributed by atoms with van der Waals surface area (Å²) in [5.74, 6) is 1.02. The minimum Gasteiger partial charge on any atom is -0.295 e. The molecule has 0 fully saturated rings. The lowest BCUT2D eigenvalue weighted by Crippen LogP contribution is -1.92. The number of rotatable bonds is 1. The molecule has 0 aliphatic heterocycles. The molecule has 0 aliphatic carbocycles. The van der Waals surface area contributed by atoms with Gasteiger partial charge in [0.05, 0.1) is 10.4 Å². The molecular weight excluding hydrogens is 296 g/mol. The maximum absolute atomic E-state index is 4.62. The van der Waals surface area contributed by atoms with Gasteiger partial charge in [-0.15, -0.1) is 11.3 Å². The summed E-state index contributed by atoms with van der Waals surface area (Å²) < 4.78 is 3.09. The highest BCUT2D eigenvalue weighted by molar-refractivity contribution is 9.10. The monoisotopic (exact) mass is 306 g/mol. The van der Waals surface area contributed by atoms with Crippen molar-refractivity contribution in [2.45, 2.75) is 13.8 Å². The van der Waals surface area contributed by atoms with Crippen molar-refractivity contribution < 1.29 is 0 Å². The topological polar surface area (TPSA) is 17.3 Å². The lowest BCUT2D eigenvalue weighted by atomic mass is 10.3. The Labute approximate surface area is 112 Å². The Kier molecular flexibility index (Phi) is 2.56. The van der Waals surface area contributed by atoms with Gasteiger partial charge in [-0.05, 0) is 54.0 Å². The van der Waals surface area contributed by atoms with Crippen LogP contribution >= 0.6 is 27.3 Å². The second-order valence-corrected chi connectivity index (χ2v) is 6.06. The molecule has 0 aromatic carbocycles. The summed E-state index contributed by atoms with van der Waals surface area (Å²) in [6.07, 6.45) is 0. The lowest BCUT2D eigenvalue weighted by molar-refractivity contribution is 1.09. The number of imidazole rings is 1. The molecule has 0 unspecified atom stereocenters. The number of hydrogen-bond acceptors (Lipinski definition) is 2. The van der Waals surface area contributed by atoms with E-state index in [9.17, 15) is 0 Å². The van der Waals surface area contributed by atoms with Gasteiger partial charge in [-0.3, -0.25) is 4.40 Å². The number of hydrogen-bond donors (Lipinski definition) is 0. The Morgan fingerprint density at radius 1 is 1.18 bits per heavy atom. The van der Waals surface area contributed by atoms with E-state index in [2.05, 4.69) is 69.5 Å². The van der Waals surface area contributed by atoms with Crippen molar-refractivity contribution in [2.24, 2.45) is 0 Å². The Bertz CT molecular complexity index is 697. The summed E-state index contributed by atoms with van der Waals surface area (Å²) >= 11 is 5.30. The first-order chi connectivity index (χ1) is 8.16. The highest BCUT2D eigenvalue weighted by Gasteiger charge is 2.13. The van der Waals surface area contributed by atoms with Crippen molar-refractivity contribution >= 4 is 32.8 Å². The summed E-state index contributed by atoms with van der Waals surface area (Å²) in [6.45, 7) is 4.22. The van der Waals surface area contributed by atoms with E-state index in [1.54, 1.807) is 11.3 Å². The molecular formula is C13H11BrN2S. The lowest BCUT2D eigenvalue weighted by Gasteiger charge is -2.02. The molecule has 0 bridgehead atoms. The van der Waals surface area contributed by atoms with Crippen LogP contribution in [0.3, 0.4) is 0 Å². The summed E-state index contributed by atoms with van der Waals surface area (Å²) in [5, 5.41) is 0. The second-order valence-electron chi connectivity index (χ2n) is 4.02. The van der Waals surface area contributed by atoms with Gasteiger partial charge in [0.25, 0.3) is 0 Å². The van der Waals surface area contributed by atoms with Crippen molar-refractivity contribution in [1.29, 1.82) is 0 Å². The van der Waals surface area contributed by atoms with Gasteiger partial charge >= 0.3 is 0 Å². The highest BCUT2D eigenvalue weighted by Crippen LogP contribution is 2.31. The molecule has 0 atom stereocenters. The Hall–Kier alpha value is -1.13. The number of aromatic nitrogens is 2. The first kappa shape index (κ1) is 11.0. The molecule has 0 saturated heterocycles. The quantitative estimate of drug-likeness (QED) is 0.649. The molecule has 3 heterocycles. The first-order valence-corrected chi connectivity index (χ1v) is 6.98. The van der Waals surface area contributed by atoms with E-state index >= 15 is 0 Å². The molecule has 4 heteroatoms. The molecule has 0 amide bonds. The smallest absolute Gasteiger partial charge is 0.156 e. The summed E-state index contributed by atoms with van der Waals surface area (Å²) in [4.78, 5) is 7.14.